The van der Waals surface area contributed by atoms with Crippen LogP contribution in [0.3, 0.4) is 0 Å². The van der Waals surface area contributed by atoms with Crippen molar-refractivity contribution in [3.63, 3.8) is 0 Å². The van der Waals surface area contributed by atoms with E-state index in [4.69, 9.17) is 14.2 Å². The number of ether oxygens (including phenoxy) is 3. The van der Waals surface area contributed by atoms with E-state index in [2.05, 4.69) is 5.32 Å². The zero-order valence-electron chi connectivity index (χ0n) is 18.6. The van der Waals surface area contributed by atoms with Gasteiger partial charge in [-0.05, 0) is 55.3 Å². The second kappa shape index (κ2) is 9.68. The quantitative estimate of drug-likeness (QED) is 0.512. The van der Waals surface area contributed by atoms with Crippen LogP contribution >= 0.6 is 0 Å². The van der Waals surface area contributed by atoms with Crippen molar-refractivity contribution in [1.29, 1.82) is 0 Å². The third-order valence-electron chi connectivity index (χ3n) is 5.95. The molecule has 0 amide bonds. The molecule has 1 aromatic heterocycles. The highest BCUT2D eigenvalue weighted by Crippen LogP contribution is 2.42. The Morgan fingerprint density at radius 3 is 2.59 bits per heavy atom. The monoisotopic (exact) mass is 474 g/mol. The van der Waals surface area contributed by atoms with Crippen molar-refractivity contribution in [1.82, 2.24) is 9.88 Å². The first-order valence-electron chi connectivity index (χ1n) is 10.7. The van der Waals surface area contributed by atoms with Crippen LogP contribution in [-0.2, 0) is 4.74 Å². The van der Waals surface area contributed by atoms with Crippen LogP contribution in [0.2, 0.25) is 0 Å². The molecule has 1 aliphatic rings. The molecular formula is C24H24F2N2O6. The van der Waals surface area contributed by atoms with Crippen LogP contribution in [0.4, 0.5) is 13.6 Å². The van der Waals surface area contributed by atoms with Gasteiger partial charge in [0.25, 0.3) is 0 Å². The van der Waals surface area contributed by atoms with E-state index < -0.39 is 24.8 Å². The van der Waals surface area contributed by atoms with Gasteiger partial charge in [0.15, 0.2) is 11.5 Å². The number of esters is 1. The highest BCUT2D eigenvalue weighted by molar-refractivity contribution is 5.96. The van der Waals surface area contributed by atoms with Gasteiger partial charge >= 0.3 is 18.7 Å². The van der Waals surface area contributed by atoms with Crippen molar-refractivity contribution in [2.45, 2.75) is 32.0 Å². The Morgan fingerprint density at radius 1 is 1.21 bits per heavy atom. The molecule has 3 aromatic rings. The fourth-order valence-corrected chi connectivity index (χ4v) is 4.39. The van der Waals surface area contributed by atoms with Gasteiger partial charge in [-0.1, -0.05) is 12.1 Å². The molecular weight excluding hydrogens is 450 g/mol. The summed E-state index contributed by atoms with van der Waals surface area (Å²) in [6.45, 7) is -0.230. The fraction of sp³-hybridized carbons (Fsp3) is 0.333. The molecule has 8 nitrogen and oxygen atoms in total. The van der Waals surface area contributed by atoms with Gasteiger partial charge in [-0.3, -0.25) is 4.57 Å². The minimum atomic E-state index is -3.07. The largest absolute Gasteiger partial charge is 0.485 e. The number of piperidine rings is 1. The van der Waals surface area contributed by atoms with Crippen LogP contribution in [-0.4, -0.2) is 54.7 Å². The smallest absolute Gasteiger partial charge is 0.416 e. The number of carbonyl (C=O) groups is 2. The molecule has 2 N–H and O–H groups in total. The van der Waals surface area contributed by atoms with E-state index in [-0.39, 0.29) is 17.4 Å². The first kappa shape index (κ1) is 23.5. The van der Waals surface area contributed by atoms with Crippen molar-refractivity contribution in [2.24, 2.45) is 0 Å². The summed E-state index contributed by atoms with van der Waals surface area (Å²) in [5.41, 5.74) is 2.12. The molecule has 2 unspecified atom stereocenters. The van der Waals surface area contributed by atoms with Crippen LogP contribution in [0, 0.1) is 6.92 Å². The standard InChI is InChI=1S/C24H24F2N2O6/c1-13-11-19(34-23(25)26)21(16-8-10-28(20(13)16)24(30)31)33-18-7-9-27-12-17(18)14-3-5-15(6-4-14)22(29)32-2/h3-6,8,10-11,17-18,23,27H,7,9,12H2,1-2H3,(H,30,31). The van der Waals surface area contributed by atoms with Crippen molar-refractivity contribution in [2.75, 3.05) is 20.2 Å². The second-order valence-corrected chi connectivity index (χ2v) is 8.00. The van der Waals surface area contributed by atoms with E-state index in [1.807, 2.05) is 12.1 Å². The predicted molar refractivity (Wildman–Crippen MR) is 119 cm³/mol. The normalized spacial score (nSPS) is 18.1. The van der Waals surface area contributed by atoms with Crippen LogP contribution in [0.1, 0.15) is 33.8 Å². The van der Waals surface area contributed by atoms with Gasteiger partial charge < -0.3 is 24.6 Å². The van der Waals surface area contributed by atoms with Crippen LogP contribution in [0.15, 0.2) is 42.6 Å². The first-order chi connectivity index (χ1) is 16.3. The lowest BCUT2D eigenvalue weighted by atomic mass is 9.88. The lowest BCUT2D eigenvalue weighted by molar-refractivity contribution is -0.0522. The number of benzene rings is 2. The molecule has 1 aliphatic heterocycles. The number of alkyl halides is 2. The minimum Gasteiger partial charge on any atom is -0.485 e. The van der Waals surface area contributed by atoms with Crippen molar-refractivity contribution in [3.8, 4) is 11.5 Å². The summed E-state index contributed by atoms with van der Waals surface area (Å²) in [7, 11) is 1.31. The Kier molecular flexibility index (Phi) is 6.69. The SMILES string of the molecule is COC(=O)c1ccc(C2CNCCC2Oc2c(OC(F)F)cc(C)c3c2ccn3C(=O)O)cc1. The number of rotatable bonds is 6. The zero-order chi connectivity index (χ0) is 24.4. The maximum atomic E-state index is 13.2. The van der Waals surface area contributed by atoms with E-state index in [0.29, 0.717) is 41.5 Å². The topological polar surface area (TPSA) is 99.0 Å². The molecule has 1 saturated heterocycles. The molecule has 10 heteroatoms. The summed E-state index contributed by atoms with van der Waals surface area (Å²) in [5.74, 6) is -0.678. The molecule has 0 saturated carbocycles. The molecule has 2 heterocycles. The second-order valence-electron chi connectivity index (χ2n) is 8.00. The summed E-state index contributed by atoms with van der Waals surface area (Å²) in [6.07, 6.45) is 0.318. The average Bonchev–Trinajstić information content (AvgIpc) is 3.27. The van der Waals surface area contributed by atoms with E-state index in [0.717, 1.165) is 10.1 Å². The predicted octanol–water partition coefficient (Wildman–Crippen LogP) is 4.39. The van der Waals surface area contributed by atoms with Crippen molar-refractivity contribution < 1.29 is 37.7 Å². The maximum Gasteiger partial charge on any atom is 0.416 e. The number of halogens is 2. The third-order valence-corrected chi connectivity index (χ3v) is 5.95. The van der Waals surface area contributed by atoms with E-state index in [9.17, 15) is 23.5 Å². The number of hydrogen-bond acceptors (Lipinski definition) is 6. The van der Waals surface area contributed by atoms with Crippen LogP contribution in [0.25, 0.3) is 10.9 Å². The summed E-state index contributed by atoms with van der Waals surface area (Å²) in [5, 5.41) is 13.2. The summed E-state index contributed by atoms with van der Waals surface area (Å²) >= 11 is 0. The van der Waals surface area contributed by atoms with Gasteiger partial charge in [0, 0.05) is 24.0 Å². The Labute approximate surface area is 194 Å². The van der Waals surface area contributed by atoms with E-state index >= 15 is 0 Å². The molecule has 0 radical (unpaired) electrons. The third kappa shape index (κ3) is 4.54. The van der Waals surface area contributed by atoms with Gasteiger partial charge in [0.2, 0.25) is 0 Å². The number of nitrogens with zero attached hydrogens (tertiary/aromatic N) is 1. The number of aryl methyl sites for hydroxylation is 1. The van der Waals surface area contributed by atoms with Crippen LogP contribution < -0.4 is 14.8 Å². The molecule has 34 heavy (non-hydrogen) atoms. The average molecular weight is 474 g/mol. The van der Waals surface area contributed by atoms with Gasteiger partial charge in [0.1, 0.15) is 6.10 Å². The number of methoxy groups -OCH3 is 1. The van der Waals surface area contributed by atoms with Crippen molar-refractivity contribution >= 4 is 23.0 Å². The minimum absolute atomic E-state index is 0.0731. The maximum absolute atomic E-state index is 13.2. The number of carbonyl (C=O) groups excluding carboxylic acids is 1. The molecule has 0 spiro atoms. The van der Waals surface area contributed by atoms with Gasteiger partial charge in [-0.2, -0.15) is 8.78 Å². The molecule has 0 aliphatic carbocycles. The van der Waals surface area contributed by atoms with Gasteiger partial charge in [-0.25, -0.2) is 9.59 Å². The number of nitrogens with one attached hydrogen (secondary N) is 1. The molecule has 2 aromatic carbocycles. The van der Waals surface area contributed by atoms with Crippen LogP contribution in [0.5, 0.6) is 11.5 Å². The Bertz CT molecular complexity index is 1210. The molecule has 1 fully saturated rings. The fourth-order valence-electron chi connectivity index (χ4n) is 4.39. The summed E-state index contributed by atoms with van der Waals surface area (Å²) < 4.78 is 43.2. The number of fused-ring (bicyclic) bond motifs is 1. The molecule has 4 rings (SSSR count). The van der Waals surface area contributed by atoms with Gasteiger partial charge in [-0.15, -0.1) is 0 Å². The number of aromatic nitrogens is 1. The number of hydrogen-bond donors (Lipinski definition) is 2. The highest BCUT2D eigenvalue weighted by Gasteiger charge is 2.31. The lowest BCUT2D eigenvalue weighted by Gasteiger charge is -2.33. The number of carboxylic acid groups (broad SMARTS) is 1. The van der Waals surface area contributed by atoms with Gasteiger partial charge in [0.05, 0.1) is 18.2 Å². The summed E-state index contributed by atoms with van der Waals surface area (Å²) in [6, 6.07) is 9.82. The Balaban J connectivity index is 1.73. The van der Waals surface area contributed by atoms with E-state index in [1.165, 1.54) is 25.4 Å². The lowest BCUT2D eigenvalue weighted by Crippen LogP contribution is -2.41. The molecule has 0 bridgehead atoms. The Hall–Kier alpha value is -3.66. The highest BCUT2D eigenvalue weighted by atomic mass is 19.3. The first-order valence-corrected chi connectivity index (χ1v) is 10.7. The summed E-state index contributed by atoms with van der Waals surface area (Å²) in [4.78, 5) is 23.4. The molecule has 180 valence electrons. The van der Waals surface area contributed by atoms with E-state index in [1.54, 1.807) is 19.1 Å². The zero-order valence-corrected chi connectivity index (χ0v) is 18.6. The Morgan fingerprint density at radius 2 is 1.94 bits per heavy atom. The van der Waals surface area contributed by atoms with Crippen molar-refractivity contribution in [3.05, 3.63) is 59.3 Å². The molecule has 2 atom stereocenters.